The molecule has 248 valence electrons. The Morgan fingerprint density at radius 2 is 0.439 bits per heavy atom. The predicted molar refractivity (Wildman–Crippen MR) is 188 cm³/mol. The Morgan fingerprint density at radius 1 is 0.268 bits per heavy atom. The SMILES string of the molecule is CCCCCCCCCCCCCCCCCCCCC(CO)CCCCCCCCCCCCCCCCCC. The zero-order valence-corrected chi connectivity index (χ0v) is 29.2. The van der Waals surface area contributed by atoms with E-state index in [-0.39, 0.29) is 0 Å². The van der Waals surface area contributed by atoms with Gasteiger partial charge in [0.1, 0.15) is 0 Å². The molecule has 0 aliphatic carbocycles. The largest absolute Gasteiger partial charge is 0.396 e. The Morgan fingerprint density at radius 3 is 0.610 bits per heavy atom. The van der Waals surface area contributed by atoms with Crippen LogP contribution < -0.4 is 0 Å². The van der Waals surface area contributed by atoms with Crippen molar-refractivity contribution < 1.29 is 5.11 Å². The minimum atomic E-state index is 0.414. The van der Waals surface area contributed by atoms with Crippen LogP contribution in [0.3, 0.4) is 0 Å². The van der Waals surface area contributed by atoms with E-state index < -0.39 is 0 Å². The molecule has 0 rings (SSSR count). The first kappa shape index (κ1) is 41.0. The van der Waals surface area contributed by atoms with E-state index in [0.29, 0.717) is 12.5 Å². The fourth-order valence-corrected chi connectivity index (χ4v) is 6.64. The molecule has 0 spiro atoms. The molecule has 0 aromatic heterocycles. The van der Waals surface area contributed by atoms with Crippen LogP contribution in [-0.2, 0) is 0 Å². The minimum absolute atomic E-state index is 0.414. The lowest BCUT2D eigenvalue weighted by molar-refractivity contribution is 0.204. The lowest BCUT2D eigenvalue weighted by Crippen LogP contribution is -2.06. The van der Waals surface area contributed by atoms with Crippen molar-refractivity contribution in [1.82, 2.24) is 0 Å². The second-order valence-electron chi connectivity index (χ2n) is 13.9. The van der Waals surface area contributed by atoms with E-state index in [1.165, 1.54) is 231 Å². The molecule has 0 radical (unpaired) electrons. The Labute approximate surface area is 262 Å². The number of unbranched alkanes of at least 4 members (excludes halogenated alkanes) is 32. The third-order valence-electron chi connectivity index (χ3n) is 9.69. The van der Waals surface area contributed by atoms with Gasteiger partial charge in [-0.3, -0.25) is 0 Å². The number of hydrogen-bond donors (Lipinski definition) is 1. The summed E-state index contributed by atoms with van der Waals surface area (Å²) in [6, 6.07) is 0. The smallest absolute Gasteiger partial charge is 0.0459 e. The first-order valence-corrected chi connectivity index (χ1v) is 20.0. The van der Waals surface area contributed by atoms with Crippen LogP contribution >= 0.6 is 0 Å². The van der Waals surface area contributed by atoms with Crippen LogP contribution in [0, 0.1) is 5.92 Å². The molecule has 0 fully saturated rings. The van der Waals surface area contributed by atoms with Gasteiger partial charge >= 0.3 is 0 Å². The quantitative estimate of drug-likeness (QED) is 0.0727. The van der Waals surface area contributed by atoms with Gasteiger partial charge in [-0.1, -0.05) is 232 Å². The van der Waals surface area contributed by atoms with Gasteiger partial charge in [-0.15, -0.1) is 0 Å². The summed E-state index contributed by atoms with van der Waals surface area (Å²) < 4.78 is 0. The van der Waals surface area contributed by atoms with Crippen molar-refractivity contribution in [3.8, 4) is 0 Å². The van der Waals surface area contributed by atoms with Crippen molar-refractivity contribution in [2.24, 2.45) is 5.92 Å². The molecule has 0 aliphatic heterocycles. The molecule has 1 atom stereocenters. The van der Waals surface area contributed by atoms with Crippen molar-refractivity contribution in [1.29, 1.82) is 0 Å². The first-order chi connectivity index (χ1) is 20.3. The van der Waals surface area contributed by atoms with Crippen LogP contribution in [-0.4, -0.2) is 11.7 Å². The van der Waals surface area contributed by atoms with Gasteiger partial charge in [-0.25, -0.2) is 0 Å². The number of aliphatic hydroxyl groups is 1. The van der Waals surface area contributed by atoms with E-state index >= 15 is 0 Å². The van der Waals surface area contributed by atoms with Crippen LogP contribution in [0.1, 0.15) is 245 Å². The van der Waals surface area contributed by atoms with E-state index in [4.69, 9.17) is 0 Å². The maximum atomic E-state index is 9.80. The van der Waals surface area contributed by atoms with Gasteiger partial charge < -0.3 is 5.11 Å². The van der Waals surface area contributed by atoms with Crippen molar-refractivity contribution in [3.05, 3.63) is 0 Å². The first-order valence-electron chi connectivity index (χ1n) is 20.0. The Balaban J connectivity index is 3.24. The van der Waals surface area contributed by atoms with Crippen molar-refractivity contribution in [2.45, 2.75) is 245 Å². The van der Waals surface area contributed by atoms with Crippen molar-refractivity contribution >= 4 is 0 Å². The highest BCUT2D eigenvalue weighted by Crippen LogP contribution is 2.20. The van der Waals surface area contributed by atoms with E-state index in [9.17, 15) is 5.11 Å². The average molecular weight is 579 g/mol. The van der Waals surface area contributed by atoms with Gasteiger partial charge in [-0.05, 0) is 18.8 Å². The van der Waals surface area contributed by atoms with Gasteiger partial charge in [-0.2, -0.15) is 0 Å². The van der Waals surface area contributed by atoms with E-state index in [2.05, 4.69) is 13.8 Å². The van der Waals surface area contributed by atoms with Gasteiger partial charge in [0.2, 0.25) is 0 Å². The fraction of sp³-hybridized carbons (Fsp3) is 1.00. The molecule has 1 nitrogen and oxygen atoms in total. The van der Waals surface area contributed by atoms with Gasteiger partial charge in [0.25, 0.3) is 0 Å². The Hall–Kier alpha value is -0.0400. The summed E-state index contributed by atoms with van der Waals surface area (Å²) in [6.45, 7) is 5.02. The van der Waals surface area contributed by atoms with Gasteiger partial charge in [0, 0.05) is 6.61 Å². The molecule has 0 aromatic rings. The monoisotopic (exact) mass is 579 g/mol. The highest BCUT2D eigenvalue weighted by Gasteiger charge is 2.07. The normalized spacial score (nSPS) is 12.4. The van der Waals surface area contributed by atoms with E-state index in [1.807, 2.05) is 0 Å². The molecule has 0 aromatic carbocycles. The molecule has 1 N–H and O–H groups in total. The third-order valence-corrected chi connectivity index (χ3v) is 9.69. The summed E-state index contributed by atoms with van der Waals surface area (Å²) in [5.74, 6) is 0.572. The van der Waals surface area contributed by atoms with Crippen LogP contribution in [0.4, 0.5) is 0 Å². The summed E-state index contributed by atoms with van der Waals surface area (Å²) in [7, 11) is 0. The molecule has 0 saturated carbocycles. The molecule has 1 unspecified atom stereocenters. The maximum absolute atomic E-state index is 9.80. The lowest BCUT2D eigenvalue weighted by atomic mass is 9.94. The number of rotatable bonds is 37. The summed E-state index contributed by atoms with van der Waals surface area (Å²) >= 11 is 0. The lowest BCUT2D eigenvalue weighted by Gasteiger charge is -2.13. The standard InChI is InChI=1S/C40H82O/c1-3-5-7-9-11-13-15-17-19-21-22-24-26-28-30-32-34-36-38-40(39-41)37-35-33-31-29-27-25-23-20-18-16-14-12-10-8-6-4-2/h40-41H,3-39H2,1-2H3. The highest BCUT2D eigenvalue weighted by atomic mass is 16.3. The van der Waals surface area contributed by atoms with E-state index in [1.54, 1.807) is 0 Å². The van der Waals surface area contributed by atoms with Crippen LogP contribution in [0.5, 0.6) is 0 Å². The molecular weight excluding hydrogens is 496 g/mol. The predicted octanol–water partition coefficient (Wildman–Crippen LogP) is 14.7. The average Bonchev–Trinajstić information content (AvgIpc) is 2.99. The van der Waals surface area contributed by atoms with Crippen LogP contribution in [0.15, 0.2) is 0 Å². The molecule has 1 heteroatoms. The van der Waals surface area contributed by atoms with Crippen LogP contribution in [0.2, 0.25) is 0 Å². The fourth-order valence-electron chi connectivity index (χ4n) is 6.64. The zero-order valence-electron chi connectivity index (χ0n) is 29.2. The maximum Gasteiger partial charge on any atom is 0.0459 e. The Bertz CT molecular complexity index is 433. The third kappa shape index (κ3) is 36.1. The highest BCUT2D eigenvalue weighted by molar-refractivity contribution is 4.60. The molecule has 41 heavy (non-hydrogen) atoms. The molecule has 0 bridgehead atoms. The second-order valence-corrected chi connectivity index (χ2v) is 13.9. The van der Waals surface area contributed by atoms with Crippen molar-refractivity contribution in [3.63, 3.8) is 0 Å². The van der Waals surface area contributed by atoms with E-state index in [0.717, 1.165) is 0 Å². The zero-order chi connectivity index (χ0) is 29.7. The van der Waals surface area contributed by atoms with Gasteiger partial charge in [0.15, 0.2) is 0 Å². The summed E-state index contributed by atoms with van der Waals surface area (Å²) in [5.41, 5.74) is 0. The summed E-state index contributed by atoms with van der Waals surface area (Å²) in [6.07, 6.45) is 51.4. The number of hydrogen-bond acceptors (Lipinski definition) is 1. The van der Waals surface area contributed by atoms with Crippen LogP contribution in [0.25, 0.3) is 0 Å². The second kappa shape index (κ2) is 38.0. The summed E-state index contributed by atoms with van der Waals surface area (Å²) in [5, 5.41) is 9.80. The molecular formula is C40H82O. The number of aliphatic hydroxyl groups excluding tert-OH is 1. The molecule has 0 amide bonds. The topological polar surface area (TPSA) is 20.2 Å². The summed E-state index contributed by atoms with van der Waals surface area (Å²) in [4.78, 5) is 0. The molecule has 0 saturated heterocycles. The molecule has 0 heterocycles. The minimum Gasteiger partial charge on any atom is -0.396 e. The molecule has 0 aliphatic rings. The van der Waals surface area contributed by atoms with Gasteiger partial charge in [0.05, 0.1) is 0 Å². The Kier molecular flexibility index (Phi) is 37.9. The van der Waals surface area contributed by atoms with Crippen molar-refractivity contribution in [2.75, 3.05) is 6.61 Å².